The Balaban J connectivity index is 1.30. The van der Waals surface area contributed by atoms with Crippen LogP contribution in [-0.4, -0.2) is 47.2 Å². The number of amides is 2. The highest BCUT2D eigenvalue weighted by Crippen LogP contribution is 2.27. The van der Waals surface area contributed by atoms with Crippen LogP contribution in [0.1, 0.15) is 18.9 Å². The van der Waals surface area contributed by atoms with E-state index in [1.54, 1.807) is 17.0 Å². The molecule has 3 aromatic rings. The number of aliphatic hydroxyl groups is 1. The molecule has 1 atom stereocenters. The summed E-state index contributed by atoms with van der Waals surface area (Å²) in [6.45, 7) is 2.45. The molecule has 7 nitrogen and oxygen atoms in total. The van der Waals surface area contributed by atoms with Crippen LogP contribution < -0.4 is 10.6 Å². The van der Waals surface area contributed by atoms with Crippen molar-refractivity contribution in [3.8, 4) is 11.1 Å². The van der Waals surface area contributed by atoms with Crippen molar-refractivity contribution in [2.45, 2.75) is 19.9 Å². The molecule has 1 aliphatic heterocycles. The Labute approximate surface area is 230 Å². The lowest BCUT2D eigenvalue weighted by Gasteiger charge is -2.32. The lowest BCUT2D eigenvalue weighted by Crippen LogP contribution is -2.41. The van der Waals surface area contributed by atoms with Gasteiger partial charge in [-0.05, 0) is 41.0 Å². The van der Waals surface area contributed by atoms with Crippen LogP contribution in [0.25, 0.3) is 11.1 Å². The Morgan fingerprint density at radius 2 is 1.61 bits per heavy atom. The number of hydrogen-bond acceptors (Lipinski definition) is 5. The number of aliphatic hydroxyl groups excluding tert-OH is 1. The molecule has 1 aliphatic rings. The van der Waals surface area contributed by atoms with Crippen molar-refractivity contribution in [3.05, 3.63) is 100 Å². The molecule has 0 bridgehead atoms. The van der Waals surface area contributed by atoms with E-state index in [4.69, 9.17) is 0 Å². The summed E-state index contributed by atoms with van der Waals surface area (Å²) in [5.74, 6) is -1.21. The Morgan fingerprint density at radius 3 is 2.29 bits per heavy atom. The summed E-state index contributed by atoms with van der Waals surface area (Å²) >= 11 is 3.34. The van der Waals surface area contributed by atoms with Gasteiger partial charge < -0.3 is 20.6 Å². The normalized spacial score (nSPS) is 15.5. The fourth-order valence-electron chi connectivity index (χ4n) is 4.37. The molecule has 1 unspecified atom stereocenters. The van der Waals surface area contributed by atoms with Crippen LogP contribution in [0.15, 0.2) is 94.7 Å². The zero-order valence-corrected chi connectivity index (χ0v) is 22.7. The van der Waals surface area contributed by atoms with Crippen LogP contribution in [0.4, 0.5) is 5.69 Å². The minimum absolute atomic E-state index is 0.0352. The first-order valence-electron chi connectivity index (χ1n) is 12.4. The van der Waals surface area contributed by atoms with E-state index in [1.807, 2.05) is 73.7 Å². The highest BCUT2D eigenvalue weighted by atomic mass is 79.9. The number of benzene rings is 3. The summed E-state index contributed by atoms with van der Waals surface area (Å²) in [4.78, 5) is 39.6. The van der Waals surface area contributed by atoms with E-state index < -0.39 is 0 Å². The van der Waals surface area contributed by atoms with Gasteiger partial charge in [-0.3, -0.25) is 14.4 Å². The quantitative estimate of drug-likeness (QED) is 0.312. The standard InChI is InChI=1S/C30H30BrN3O4/c1-20-18-34(19-21-7-9-23(10-8-21)22-5-3-2-4-6-22)30(38)27(29(20)37)15-26(35)16-32-17-28(36)33-25-13-11-24(31)12-14-25/h2-14,20,32,37H,15-19H2,1H3,(H,33,36). The van der Waals surface area contributed by atoms with Gasteiger partial charge in [-0.2, -0.15) is 0 Å². The van der Waals surface area contributed by atoms with E-state index >= 15 is 0 Å². The van der Waals surface area contributed by atoms with Gasteiger partial charge in [0.2, 0.25) is 5.91 Å². The Hall–Kier alpha value is -3.75. The van der Waals surface area contributed by atoms with E-state index in [0.717, 1.165) is 21.2 Å². The summed E-state index contributed by atoms with van der Waals surface area (Å²) in [5.41, 5.74) is 3.95. The monoisotopic (exact) mass is 575 g/mol. The number of halogens is 1. The van der Waals surface area contributed by atoms with Gasteiger partial charge in [0.05, 0.1) is 18.7 Å². The van der Waals surface area contributed by atoms with Gasteiger partial charge in [-0.15, -0.1) is 0 Å². The molecule has 0 fully saturated rings. The average molecular weight is 576 g/mol. The summed E-state index contributed by atoms with van der Waals surface area (Å²) in [6, 6.07) is 25.3. The van der Waals surface area contributed by atoms with Crippen molar-refractivity contribution < 1.29 is 19.5 Å². The Kier molecular flexibility index (Phi) is 9.10. The Morgan fingerprint density at radius 1 is 0.947 bits per heavy atom. The van der Waals surface area contributed by atoms with E-state index in [1.165, 1.54) is 0 Å². The minimum Gasteiger partial charge on any atom is -0.511 e. The van der Waals surface area contributed by atoms with Crippen LogP contribution in [0.3, 0.4) is 0 Å². The lowest BCUT2D eigenvalue weighted by atomic mass is 9.94. The second-order valence-electron chi connectivity index (χ2n) is 9.39. The molecule has 0 radical (unpaired) electrons. The molecule has 0 saturated heterocycles. The summed E-state index contributed by atoms with van der Waals surface area (Å²) in [5, 5.41) is 16.2. The minimum atomic E-state index is -0.339. The zero-order valence-electron chi connectivity index (χ0n) is 21.1. The SMILES string of the molecule is CC1CN(Cc2ccc(-c3ccccc3)cc2)C(=O)C(CC(=O)CNCC(=O)Nc2ccc(Br)cc2)=C1O. The molecule has 196 valence electrons. The molecule has 2 amide bonds. The number of rotatable bonds is 10. The predicted octanol–water partition coefficient (Wildman–Crippen LogP) is 5.09. The van der Waals surface area contributed by atoms with Crippen molar-refractivity contribution in [1.29, 1.82) is 0 Å². The third kappa shape index (κ3) is 7.18. The van der Waals surface area contributed by atoms with Crippen molar-refractivity contribution >= 4 is 39.2 Å². The maximum atomic E-state index is 13.2. The molecule has 4 rings (SSSR count). The van der Waals surface area contributed by atoms with E-state index in [2.05, 4.69) is 26.6 Å². The maximum Gasteiger partial charge on any atom is 0.253 e. The van der Waals surface area contributed by atoms with Crippen LogP contribution in [0.5, 0.6) is 0 Å². The second-order valence-corrected chi connectivity index (χ2v) is 10.3. The van der Waals surface area contributed by atoms with Gasteiger partial charge in [-0.25, -0.2) is 0 Å². The van der Waals surface area contributed by atoms with Gasteiger partial charge in [0, 0.05) is 35.6 Å². The highest BCUT2D eigenvalue weighted by Gasteiger charge is 2.32. The molecule has 3 N–H and O–H groups in total. The number of nitrogens with one attached hydrogen (secondary N) is 2. The molecular formula is C30H30BrN3O4. The summed E-state index contributed by atoms with van der Waals surface area (Å²) < 4.78 is 0.905. The number of hydrogen-bond donors (Lipinski definition) is 3. The first-order chi connectivity index (χ1) is 18.3. The van der Waals surface area contributed by atoms with Crippen LogP contribution in [-0.2, 0) is 20.9 Å². The number of anilines is 1. The second kappa shape index (κ2) is 12.7. The largest absolute Gasteiger partial charge is 0.511 e. The molecule has 3 aromatic carbocycles. The molecule has 0 saturated carbocycles. The van der Waals surface area contributed by atoms with E-state index in [9.17, 15) is 19.5 Å². The maximum absolute atomic E-state index is 13.2. The third-order valence-corrected chi connectivity index (χ3v) is 6.89. The van der Waals surface area contributed by atoms with Gasteiger partial charge in [0.1, 0.15) is 5.76 Å². The van der Waals surface area contributed by atoms with Crippen molar-refractivity contribution in [2.24, 2.45) is 5.92 Å². The van der Waals surface area contributed by atoms with Crippen LogP contribution in [0.2, 0.25) is 0 Å². The number of Topliss-reactive ketones (excluding diaryl/α,β-unsaturated/α-hetero) is 1. The number of carbonyl (C=O) groups is 3. The van der Waals surface area contributed by atoms with Crippen molar-refractivity contribution in [3.63, 3.8) is 0 Å². The number of ketones is 1. The Bertz CT molecular complexity index is 1320. The summed E-state index contributed by atoms with van der Waals surface area (Å²) in [7, 11) is 0. The highest BCUT2D eigenvalue weighted by molar-refractivity contribution is 9.10. The molecule has 0 aromatic heterocycles. The van der Waals surface area contributed by atoms with Gasteiger partial charge in [-0.1, -0.05) is 77.5 Å². The first-order valence-corrected chi connectivity index (χ1v) is 13.2. The molecule has 38 heavy (non-hydrogen) atoms. The third-order valence-electron chi connectivity index (χ3n) is 6.36. The van der Waals surface area contributed by atoms with E-state index in [0.29, 0.717) is 18.8 Å². The zero-order chi connectivity index (χ0) is 27.1. The number of carbonyl (C=O) groups excluding carboxylic acids is 3. The van der Waals surface area contributed by atoms with Crippen LogP contribution >= 0.6 is 15.9 Å². The van der Waals surface area contributed by atoms with E-state index in [-0.39, 0.29) is 54.4 Å². The predicted molar refractivity (Wildman–Crippen MR) is 151 cm³/mol. The first kappa shape index (κ1) is 27.3. The summed E-state index contributed by atoms with van der Waals surface area (Å²) in [6.07, 6.45) is -0.195. The van der Waals surface area contributed by atoms with Gasteiger partial charge in [0.15, 0.2) is 5.78 Å². The lowest BCUT2D eigenvalue weighted by molar-refractivity contribution is -0.131. The topological polar surface area (TPSA) is 98.7 Å². The molecular weight excluding hydrogens is 546 g/mol. The van der Waals surface area contributed by atoms with Gasteiger partial charge >= 0.3 is 0 Å². The molecule has 0 spiro atoms. The van der Waals surface area contributed by atoms with Crippen molar-refractivity contribution in [2.75, 3.05) is 25.0 Å². The number of nitrogens with zero attached hydrogens (tertiary/aromatic N) is 1. The van der Waals surface area contributed by atoms with Crippen molar-refractivity contribution in [1.82, 2.24) is 10.2 Å². The molecule has 8 heteroatoms. The van der Waals surface area contributed by atoms with Gasteiger partial charge in [0.25, 0.3) is 5.91 Å². The molecule has 0 aliphatic carbocycles. The molecule has 1 heterocycles. The fourth-order valence-corrected chi connectivity index (χ4v) is 4.63. The smallest absolute Gasteiger partial charge is 0.253 e. The fraction of sp³-hybridized carbons (Fsp3) is 0.233. The van der Waals surface area contributed by atoms with Crippen LogP contribution in [0, 0.1) is 5.92 Å². The average Bonchev–Trinajstić information content (AvgIpc) is 2.92.